The van der Waals surface area contributed by atoms with Gasteiger partial charge < -0.3 is 15.4 Å². The van der Waals surface area contributed by atoms with Gasteiger partial charge in [-0.25, -0.2) is 9.97 Å². The van der Waals surface area contributed by atoms with Crippen LogP contribution < -0.4 is 10.6 Å². The highest BCUT2D eigenvalue weighted by atomic mass is 35.5. The topological polar surface area (TPSA) is 76.1 Å². The summed E-state index contributed by atoms with van der Waals surface area (Å²) >= 11 is 11.8. The van der Waals surface area contributed by atoms with Gasteiger partial charge in [-0.3, -0.25) is 4.79 Å². The lowest BCUT2D eigenvalue weighted by atomic mass is 10.2. The summed E-state index contributed by atoms with van der Waals surface area (Å²) in [6.45, 7) is 1.46. The second kappa shape index (κ2) is 7.79. The smallest absolute Gasteiger partial charge is 0.274 e. The number of ether oxygens (including phenoxy) is 1. The lowest BCUT2D eigenvalue weighted by molar-refractivity contribution is 0.102. The quantitative estimate of drug-likeness (QED) is 0.844. The van der Waals surface area contributed by atoms with Gasteiger partial charge in [0.05, 0.1) is 16.1 Å². The molecule has 24 heavy (non-hydrogen) atoms. The van der Waals surface area contributed by atoms with E-state index in [0.29, 0.717) is 28.1 Å². The van der Waals surface area contributed by atoms with E-state index in [1.807, 2.05) is 0 Å². The van der Waals surface area contributed by atoms with Crippen LogP contribution in [0.4, 0.5) is 11.5 Å². The molecule has 1 saturated heterocycles. The summed E-state index contributed by atoms with van der Waals surface area (Å²) in [7, 11) is 0. The third kappa shape index (κ3) is 4.35. The molecule has 1 fully saturated rings. The Morgan fingerprint density at radius 1 is 1.25 bits per heavy atom. The van der Waals surface area contributed by atoms with E-state index in [-0.39, 0.29) is 17.7 Å². The summed E-state index contributed by atoms with van der Waals surface area (Å²) in [5.74, 6) is 0.232. The molecule has 2 heterocycles. The average molecular weight is 367 g/mol. The number of benzene rings is 1. The van der Waals surface area contributed by atoms with Gasteiger partial charge in [-0.1, -0.05) is 23.2 Å². The molecule has 1 atom stereocenters. The van der Waals surface area contributed by atoms with Gasteiger partial charge in [-0.05, 0) is 31.0 Å². The maximum Gasteiger partial charge on any atom is 0.274 e. The highest BCUT2D eigenvalue weighted by Crippen LogP contribution is 2.25. The Bertz CT molecular complexity index is 736. The molecule has 1 aliphatic rings. The van der Waals surface area contributed by atoms with Gasteiger partial charge in [-0.15, -0.1) is 0 Å². The number of carbonyl (C=O) groups excluding carboxylic acids is 1. The van der Waals surface area contributed by atoms with E-state index < -0.39 is 0 Å². The van der Waals surface area contributed by atoms with Crippen LogP contribution in [0.15, 0.2) is 30.6 Å². The number of amides is 1. The molecule has 2 N–H and O–H groups in total. The molecule has 0 aliphatic carbocycles. The van der Waals surface area contributed by atoms with E-state index in [9.17, 15) is 4.79 Å². The zero-order chi connectivity index (χ0) is 16.9. The molecule has 0 spiro atoms. The first kappa shape index (κ1) is 17.0. The fourth-order valence-corrected chi connectivity index (χ4v) is 2.67. The fourth-order valence-electron chi connectivity index (χ4n) is 2.37. The number of anilines is 2. The molecule has 1 aliphatic heterocycles. The Morgan fingerprint density at radius 2 is 2.12 bits per heavy atom. The lowest BCUT2D eigenvalue weighted by Gasteiger charge is -2.11. The predicted octanol–water partition coefficient (Wildman–Crippen LogP) is 3.63. The molecule has 3 rings (SSSR count). The summed E-state index contributed by atoms with van der Waals surface area (Å²) in [5.41, 5.74) is 0.799. The van der Waals surface area contributed by atoms with Crippen molar-refractivity contribution in [2.45, 2.75) is 18.9 Å². The van der Waals surface area contributed by atoms with Crippen LogP contribution >= 0.6 is 23.2 Å². The Labute approximate surface area is 149 Å². The minimum Gasteiger partial charge on any atom is -0.376 e. The van der Waals surface area contributed by atoms with Gasteiger partial charge >= 0.3 is 0 Å². The molecular weight excluding hydrogens is 351 g/mol. The van der Waals surface area contributed by atoms with Crippen molar-refractivity contribution in [3.63, 3.8) is 0 Å². The number of aromatic nitrogens is 2. The van der Waals surface area contributed by atoms with Crippen LogP contribution in [0.5, 0.6) is 0 Å². The maximum atomic E-state index is 12.3. The van der Waals surface area contributed by atoms with Crippen molar-refractivity contribution in [1.29, 1.82) is 0 Å². The van der Waals surface area contributed by atoms with Crippen molar-refractivity contribution in [3.8, 4) is 0 Å². The van der Waals surface area contributed by atoms with Crippen LogP contribution in [-0.4, -0.2) is 35.1 Å². The van der Waals surface area contributed by atoms with E-state index >= 15 is 0 Å². The highest BCUT2D eigenvalue weighted by Gasteiger charge is 2.16. The Kier molecular flexibility index (Phi) is 5.50. The molecule has 0 bridgehead atoms. The van der Waals surface area contributed by atoms with Gasteiger partial charge in [0.15, 0.2) is 0 Å². The number of nitrogens with zero attached hydrogens (tertiary/aromatic N) is 2. The second-order valence-corrected chi connectivity index (χ2v) is 6.20. The zero-order valence-electron chi connectivity index (χ0n) is 12.8. The first-order valence-electron chi connectivity index (χ1n) is 7.56. The van der Waals surface area contributed by atoms with E-state index in [4.69, 9.17) is 27.9 Å². The summed E-state index contributed by atoms with van der Waals surface area (Å²) in [4.78, 5) is 20.4. The van der Waals surface area contributed by atoms with E-state index in [1.54, 1.807) is 24.3 Å². The summed E-state index contributed by atoms with van der Waals surface area (Å²) in [5, 5.41) is 6.69. The first-order valence-corrected chi connectivity index (χ1v) is 8.31. The minimum absolute atomic E-state index is 0.188. The highest BCUT2D eigenvalue weighted by molar-refractivity contribution is 6.42. The second-order valence-electron chi connectivity index (χ2n) is 5.39. The zero-order valence-corrected chi connectivity index (χ0v) is 14.3. The van der Waals surface area contributed by atoms with Gasteiger partial charge in [0.2, 0.25) is 0 Å². The summed E-state index contributed by atoms with van der Waals surface area (Å²) in [6, 6.07) is 6.47. The third-order valence-electron chi connectivity index (χ3n) is 3.61. The number of hydrogen-bond donors (Lipinski definition) is 2. The van der Waals surface area contributed by atoms with Gasteiger partial charge in [-0.2, -0.15) is 0 Å². The number of halogens is 2. The van der Waals surface area contributed by atoms with E-state index in [2.05, 4.69) is 20.6 Å². The molecule has 1 aromatic heterocycles. The van der Waals surface area contributed by atoms with Crippen molar-refractivity contribution in [2.75, 3.05) is 23.8 Å². The van der Waals surface area contributed by atoms with Crippen LogP contribution in [0.3, 0.4) is 0 Å². The van der Waals surface area contributed by atoms with Gasteiger partial charge in [0, 0.05) is 24.9 Å². The number of nitrogens with one attached hydrogen (secondary N) is 2. The number of carbonyl (C=O) groups is 1. The Balaban J connectivity index is 1.63. The third-order valence-corrected chi connectivity index (χ3v) is 4.35. The fraction of sp³-hybridized carbons (Fsp3) is 0.312. The molecule has 1 amide bonds. The van der Waals surface area contributed by atoms with Crippen molar-refractivity contribution in [3.05, 3.63) is 46.3 Å². The van der Waals surface area contributed by atoms with Crippen molar-refractivity contribution in [2.24, 2.45) is 0 Å². The van der Waals surface area contributed by atoms with Crippen LogP contribution in [-0.2, 0) is 4.74 Å². The molecule has 0 saturated carbocycles. The summed E-state index contributed by atoms with van der Waals surface area (Å²) < 4.78 is 5.54. The van der Waals surface area contributed by atoms with Crippen LogP contribution in [0.1, 0.15) is 23.3 Å². The van der Waals surface area contributed by atoms with Crippen molar-refractivity contribution >= 4 is 40.6 Å². The SMILES string of the molecule is O=C(Nc1ccc(Cl)c(Cl)c1)c1cc(NCC2CCCO2)ncn1. The average Bonchev–Trinajstić information content (AvgIpc) is 3.10. The molecule has 8 heteroatoms. The molecule has 1 unspecified atom stereocenters. The molecule has 6 nitrogen and oxygen atoms in total. The lowest BCUT2D eigenvalue weighted by Crippen LogP contribution is -2.20. The monoisotopic (exact) mass is 366 g/mol. The van der Waals surface area contributed by atoms with Crippen LogP contribution in [0.25, 0.3) is 0 Å². The van der Waals surface area contributed by atoms with Crippen molar-refractivity contribution < 1.29 is 9.53 Å². The van der Waals surface area contributed by atoms with Crippen LogP contribution in [0.2, 0.25) is 10.0 Å². The molecular formula is C16H16Cl2N4O2. The molecule has 0 radical (unpaired) electrons. The van der Waals surface area contributed by atoms with E-state index in [1.165, 1.54) is 6.33 Å². The largest absolute Gasteiger partial charge is 0.376 e. The Morgan fingerprint density at radius 3 is 2.88 bits per heavy atom. The maximum absolute atomic E-state index is 12.3. The minimum atomic E-state index is -0.351. The predicted molar refractivity (Wildman–Crippen MR) is 93.9 cm³/mol. The molecule has 126 valence electrons. The van der Waals surface area contributed by atoms with Gasteiger partial charge in [0.25, 0.3) is 5.91 Å². The normalized spacial score (nSPS) is 16.8. The molecule has 1 aromatic carbocycles. The summed E-state index contributed by atoms with van der Waals surface area (Å²) in [6.07, 6.45) is 3.64. The Hall–Kier alpha value is -1.89. The van der Waals surface area contributed by atoms with E-state index in [0.717, 1.165) is 19.4 Å². The van der Waals surface area contributed by atoms with Gasteiger partial charge in [0.1, 0.15) is 17.8 Å². The standard InChI is InChI=1S/C16H16Cl2N4O2/c17-12-4-3-10(6-13(12)18)22-16(23)14-7-15(21-9-20-14)19-8-11-2-1-5-24-11/h3-4,6-7,9,11H,1-2,5,8H2,(H,22,23)(H,19,20,21). The number of hydrogen-bond acceptors (Lipinski definition) is 5. The number of rotatable bonds is 5. The first-order chi connectivity index (χ1) is 11.6. The van der Waals surface area contributed by atoms with Crippen LogP contribution in [0, 0.1) is 0 Å². The molecule has 2 aromatic rings. The van der Waals surface area contributed by atoms with Crippen molar-refractivity contribution in [1.82, 2.24) is 9.97 Å².